The maximum atomic E-state index is 10.0. The van der Waals surface area contributed by atoms with Crippen LogP contribution in [0.1, 0.15) is 27.2 Å². The van der Waals surface area contributed by atoms with Crippen LogP contribution in [-0.2, 0) is 0 Å². The molecule has 0 aromatic heterocycles. The summed E-state index contributed by atoms with van der Waals surface area (Å²) in [6, 6.07) is 0. The molecule has 2 N–H and O–H groups in total. The molecule has 0 spiro atoms. The molecule has 0 aromatic rings. The smallest absolute Gasteiger partial charge is 0.0794 e. The number of aliphatic hydroxyl groups excluding tert-OH is 2. The van der Waals surface area contributed by atoms with Crippen LogP contribution in [-0.4, -0.2) is 30.5 Å². The Morgan fingerprint density at radius 3 is 1.93 bits per heavy atom. The fourth-order valence-corrected chi connectivity index (χ4v) is 2.86. The first-order valence-electron chi connectivity index (χ1n) is 5.77. The molecule has 3 heteroatoms. The Kier molecular flexibility index (Phi) is 5.78. The second kappa shape index (κ2) is 5.82. The molecule has 0 fully saturated rings. The molecular weight excluding hydrogens is 204 g/mol. The van der Waals surface area contributed by atoms with Gasteiger partial charge in [-0.2, -0.15) is 0 Å². The van der Waals surface area contributed by atoms with Crippen molar-refractivity contribution < 1.29 is 10.2 Å². The quantitative estimate of drug-likeness (QED) is 0.713. The van der Waals surface area contributed by atoms with Gasteiger partial charge in [-0.25, -0.2) is 0 Å². The lowest BCUT2D eigenvalue weighted by atomic mass is 9.95. The van der Waals surface area contributed by atoms with Gasteiger partial charge in [0.25, 0.3) is 0 Å². The Morgan fingerprint density at radius 1 is 1.20 bits per heavy atom. The molecule has 0 rings (SSSR count). The summed E-state index contributed by atoms with van der Waals surface area (Å²) in [5.74, 6) is 0.161. The van der Waals surface area contributed by atoms with Crippen LogP contribution in [0.2, 0.25) is 19.6 Å². The van der Waals surface area contributed by atoms with Crippen molar-refractivity contribution in [2.45, 2.75) is 59.0 Å². The van der Waals surface area contributed by atoms with E-state index >= 15 is 0 Å². The van der Waals surface area contributed by atoms with Gasteiger partial charge >= 0.3 is 0 Å². The molecular formula is C12H26O2Si. The van der Waals surface area contributed by atoms with Crippen molar-refractivity contribution in [1.29, 1.82) is 0 Å². The van der Waals surface area contributed by atoms with Crippen molar-refractivity contribution in [3.63, 3.8) is 0 Å². The Morgan fingerprint density at radius 2 is 1.67 bits per heavy atom. The Labute approximate surface area is 95.0 Å². The van der Waals surface area contributed by atoms with Gasteiger partial charge in [0.05, 0.1) is 20.3 Å². The van der Waals surface area contributed by atoms with E-state index in [0.29, 0.717) is 6.42 Å². The molecule has 0 heterocycles. The Balaban J connectivity index is 4.98. The molecule has 0 aliphatic rings. The van der Waals surface area contributed by atoms with Crippen molar-refractivity contribution in [3.05, 3.63) is 11.3 Å². The van der Waals surface area contributed by atoms with Crippen LogP contribution < -0.4 is 0 Å². The molecule has 2 atom stereocenters. The predicted molar refractivity (Wildman–Crippen MR) is 68.6 cm³/mol. The van der Waals surface area contributed by atoms with Crippen LogP contribution in [0.3, 0.4) is 0 Å². The van der Waals surface area contributed by atoms with E-state index in [4.69, 9.17) is 0 Å². The van der Waals surface area contributed by atoms with Gasteiger partial charge in [0, 0.05) is 0 Å². The van der Waals surface area contributed by atoms with Gasteiger partial charge in [0.1, 0.15) is 0 Å². The summed E-state index contributed by atoms with van der Waals surface area (Å²) in [5, 5.41) is 19.9. The van der Waals surface area contributed by atoms with Gasteiger partial charge in [-0.3, -0.25) is 0 Å². The number of aliphatic hydroxyl groups is 2. The minimum Gasteiger partial charge on any atom is -0.389 e. The second-order valence-corrected chi connectivity index (χ2v) is 10.6. The van der Waals surface area contributed by atoms with Crippen molar-refractivity contribution in [1.82, 2.24) is 0 Å². The highest BCUT2D eigenvalue weighted by molar-refractivity contribution is 6.81. The van der Waals surface area contributed by atoms with Gasteiger partial charge in [0.15, 0.2) is 0 Å². The van der Waals surface area contributed by atoms with Crippen LogP contribution in [0.4, 0.5) is 0 Å². The number of hydrogen-bond acceptors (Lipinski definition) is 2. The molecule has 2 nitrogen and oxygen atoms in total. The largest absolute Gasteiger partial charge is 0.389 e. The third-order valence-corrected chi connectivity index (χ3v) is 3.54. The first-order valence-corrected chi connectivity index (χ1v) is 9.35. The maximum Gasteiger partial charge on any atom is 0.0794 e. The van der Waals surface area contributed by atoms with E-state index in [9.17, 15) is 10.2 Å². The summed E-state index contributed by atoms with van der Waals surface area (Å²) >= 11 is 0. The molecule has 0 amide bonds. The third-order valence-electron chi connectivity index (χ3n) is 2.34. The number of hydrogen-bond donors (Lipinski definition) is 2. The van der Waals surface area contributed by atoms with Gasteiger partial charge in [0.2, 0.25) is 0 Å². The van der Waals surface area contributed by atoms with Crippen LogP contribution >= 0.6 is 0 Å². The van der Waals surface area contributed by atoms with Crippen LogP contribution in [0.15, 0.2) is 11.3 Å². The predicted octanol–water partition coefficient (Wildman–Crippen LogP) is 2.58. The van der Waals surface area contributed by atoms with Crippen LogP contribution in [0.5, 0.6) is 0 Å². The SMILES string of the molecule is CC[C@H](O)/C(=C/[Si](C)(C)C)[C@H](O)C(C)C. The summed E-state index contributed by atoms with van der Waals surface area (Å²) in [5.41, 5.74) is 2.96. The second-order valence-electron chi connectivity index (χ2n) is 5.62. The van der Waals surface area contributed by atoms with Crippen molar-refractivity contribution in [2.24, 2.45) is 5.92 Å². The molecule has 0 aromatic carbocycles. The van der Waals surface area contributed by atoms with E-state index in [1.54, 1.807) is 0 Å². The first-order chi connectivity index (χ1) is 6.69. The van der Waals surface area contributed by atoms with E-state index in [-0.39, 0.29) is 5.92 Å². The molecule has 0 saturated heterocycles. The monoisotopic (exact) mass is 230 g/mol. The average molecular weight is 230 g/mol. The molecule has 0 bridgehead atoms. The maximum absolute atomic E-state index is 10.0. The summed E-state index contributed by atoms with van der Waals surface area (Å²) < 4.78 is 0. The van der Waals surface area contributed by atoms with E-state index in [1.807, 2.05) is 20.8 Å². The van der Waals surface area contributed by atoms with Gasteiger partial charge in [-0.15, -0.1) is 0 Å². The molecule has 0 aliphatic carbocycles. The van der Waals surface area contributed by atoms with E-state index in [2.05, 4.69) is 25.3 Å². The van der Waals surface area contributed by atoms with E-state index in [1.165, 1.54) is 0 Å². The van der Waals surface area contributed by atoms with Crippen LogP contribution in [0.25, 0.3) is 0 Å². The van der Waals surface area contributed by atoms with Crippen molar-refractivity contribution in [2.75, 3.05) is 0 Å². The zero-order chi connectivity index (χ0) is 12.2. The fraction of sp³-hybridized carbons (Fsp3) is 0.833. The zero-order valence-electron chi connectivity index (χ0n) is 10.9. The summed E-state index contributed by atoms with van der Waals surface area (Å²) in [6.45, 7) is 12.5. The fourth-order valence-electron chi connectivity index (χ4n) is 1.50. The molecule has 15 heavy (non-hydrogen) atoms. The van der Waals surface area contributed by atoms with E-state index in [0.717, 1.165) is 5.57 Å². The van der Waals surface area contributed by atoms with E-state index < -0.39 is 20.3 Å². The lowest BCUT2D eigenvalue weighted by Gasteiger charge is -2.25. The zero-order valence-corrected chi connectivity index (χ0v) is 11.9. The molecule has 0 radical (unpaired) electrons. The van der Waals surface area contributed by atoms with Gasteiger partial charge in [-0.05, 0) is 17.9 Å². The highest BCUT2D eigenvalue weighted by Gasteiger charge is 2.23. The molecule has 0 unspecified atom stereocenters. The Hall–Kier alpha value is -0.123. The lowest BCUT2D eigenvalue weighted by Crippen LogP contribution is -2.30. The van der Waals surface area contributed by atoms with Gasteiger partial charge < -0.3 is 10.2 Å². The summed E-state index contributed by atoms with van der Waals surface area (Å²) in [4.78, 5) is 0. The molecule has 90 valence electrons. The standard InChI is InChI=1S/C12H26O2Si/c1-7-11(13)10(8-15(4,5)6)12(14)9(2)3/h8-9,11-14H,7H2,1-6H3/b10-8-/t11-,12+/m0/s1. The minimum absolute atomic E-state index is 0.161. The number of rotatable bonds is 5. The molecule has 0 saturated carbocycles. The van der Waals surface area contributed by atoms with Crippen LogP contribution in [0, 0.1) is 5.92 Å². The lowest BCUT2D eigenvalue weighted by molar-refractivity contribution is 0.112. The topological polar surface area (TPSA) is 40.5 Å². The Bertz CT molecular complexity index is 216. The highest BCUT2D eigenvalue weighted by atomic mass is 28.3. The van der Waals surface area contributed by atoms with Gasteiger partial charge in [-0.1, -0.05) is 46.1 Å². The summed E-state index contributed by atoms with van der Waals surface area (Å²) in [7, 11) is -1.39. The van der Waals surface area contributed by atoms with Crippen molar-refractivity contribution in [3.8, 4) is 0 Å². The minimum atomic E-state index is -1.39. The third kappa shape index (κ3) is 5.49. The average Bonchev–Trinajstić information content (AvgIpc) is 2.10. The highest BCUT2D eigenvalue weighted by Crippen LogP contribution is 2.20. The normalized spacial score (nSPS) is 18.1. The first kappa shape index (κ1) is 14.9. The molecule has 0 aliphatic heterocycles. The van der Waals surface area contributed by atoms with Crippen molar-refractivity contribution >= 4 is 8.07 Å². The summed E-state index contributed by atoms with van der Waals surface area (Å²) in [6.07, 6.45) is -0.333.